The summed E-state index contributed by atoms with van der Waals surface area (Å²) in [5.41, 5.74) is 0.855. The van der Waals surface area contributed by atoms with Crippen molar-refractivity contribution in [3.63, 3.8) is 0 Å². The Labute approximate surface area is 106 Å². The van der Waals surface area contributed by atoms with E-state index in [0.717, 1.165) is 24.9 Å². The quantitative estimate of drug-likeness (QED) is 0.811. The lowest BCUT2D eigenvalue weighted by Crippen LogP contribution is -2.20. The number of unbranched alkanes of at least 4 members (excludes halogenated alkanes) is 1. The Bertz CT molecular complexity index is 385. The largest absolute Gasteiger partial charge is 0.298 e. The van der Waals surface area contributed by atoms with Gasteiger partial charge in [0.15, 0.2) is 0 Å². The predicted octanol–water partition coefficient (Wildman–Crippen LogP) is 3.95. The van der Waals surface area contributed by atoms with Crippen molar-refractivity contribution in [3.05, 3.63) is 33.8 Å². The van der Waals surface area contributed by atoms with Crippen molar-refractivity contribution in [1.82, 2.24) is 5.32 Å². The van der Waals surface area contributed by atoms with Gasteiger partial charge in [-0.3, -0.25) is 5.32 Å². The summed E-state index contributed by atoms with van der Waals surface area (Å²) in [6, 6.07) is 7.16. The molecule has 0 aromatic heterocycles. The summed E-state index contributed by atoms with van der Waals surface area (Å²) < 4.78 is 0. The van der Waals surface area contributed by atoms with Crippen molar-refractivity contribution in [2.75, 3.05) is 6.54 Å². The second-order valence-corrected chi connectivity index (χ2v) is 4.36. The lowest BCUT2D eigenvalue weighted by molar-refractivity contribution is 0.598. The molecule has 0 aliphatic heterocycles. The summed E-state index contributed by atoms with van der Waals surface area (Å²) in [6.45, 7) is 2.94. The Morgan fingerprint density at radius 3 is 2.69 bits per heavy atom. The molecule has 1 aromatic carbocycles. The van der Waals surface area contributed by atoms with Crippen molar-refractivity contribution >= 4 is 23.2 Å². The van der Waals surface area contributed by atoms with Crippen LogP contribution in [0.2, 0.25) is 10.0 Å². The molecule has 0 bridgehead atoms. The third kappa shape index (κ3) is 3.68. The number of benzene rings is 1. The molecule has 1 atom stereocenters. The van der Waals surface area contributed by atoms with Gasteiger partial charge in [0.1, 0.15) is 6.04 Å². The van der Waals surface area contributed by atoms with Gasteiger partial charge in [0.2, 0.25) is 0 Å². The van der Waals surface area contributed by atoms with Gasteiger partial charge in [0, 0.05) is 0 Å². The van der Waals surface area contributed by atoms with Gasteiger partial charge in [-0.2, -0.15) is 5.26 Å². The Morgan fingerprint density at radius 2 is 2.12 bits per heavy atom. The van der Waals surface area contributed by atoms with Gasteiger partial charge >= 0.3 is 0 Å². The molecule has 0 saturated heterocycles. The molecule has 4 heteroatoms. The maximum atomic E-state index is 9.05. The van der Waals surface area contributed by atoms with Crippen LogP contribution >= 0.6 is 23.2 Å². The minimum atomic E-state index is -0.318. The molecule has 0 spiro atoms. The number of nitrogens with zero attached hydrogens (tertiary/aromatic N) is 1. The fourth-order valence-corrected chi connectivity index (χ4v) is 1.66. The number of rotatable bonds is 5. The van der Waals surface area contributed by atoms with Gasteiger partial charge in [0.25, 0.3) is 0 Å². The zero-order valence-electron chi connectivity index (χ0n) is 9.13. The molecule has 0 heterocycles. The number of nitrogens with one attached hydrogen (secondary N) is 1. The normalized spacial score (nSPS) is 12.1. The molecule has 0 amide bonds. The van der Waals surface area contributed by atoms with E-state index >= 15 is 0 Å². The van der Waals surface area contributed by atoms with E-state index in [1.165, 1.54) is 0 Å². The van der Waals surface area contributed by atoms with Gasteiger partial charge in [-0.05, 0) is 30.7 Å². The van der Waals surface area contributed by atoms with Crippen LogP contribution in [0.1, 0.15) is 31.4 Å². The summed E-state index contributed by atoms with van der Waals surface area (Å²) in [5, 5.41) is 13.2. The predicted molar refractivity (Wildman–Crippen MR) is 67.7 cm³/mol. The van der Waals surface area contributed by atoms with Crippen molar-refractivity contribution in [2.45, 2.75) is 25.8 Å². The molecule has 0 saturated carbocycles. The summed E-state index contributed by atoms with van der Waals surface area (Å²) in [5.74, 6) is 0. The van der Waals surface area contributed by atoms with Gasteiger partial charge in [-0.15, -0.1) is 0 Å². The molecule has 0 radical (unpaired) electrons. The fourth-order valence-electron chi connectivity index (χ4n) is 1.35. The molecule has 0 aliphatic carbocycles. The molecule has 2 nitrogen and oxygen atoms in total. The molecule has 1 unspecified atom stereocenters. The van der Waals surface area contributed by atoms with Crippen molar-refractivity contribution in [2.24, 2.45) is 0 Å². The first-order chi connectivity index (χ1) is 7.69. The van der Waals surface area contributed by atoms with Crippen molar-refractivity contribution in [1.29, 1.82) is 5.26 Å². The maximum absolute atomic E-state index is 9.05. The summed E-state index contributed by atoms with van der Waals surface area (Å²) >= 11 is 11.7. The molecular weight excluding hydrogens is 243 g/mol. The molecule has 1 rings (SSSR count). The summed E-state index contributed by atoms with van der Waals surface area (Å²) in [4.78, 5) is 0. The van der Waals surface area contributed by atoms with Crippen LogP contribution in [0.15, 0.2) is 18.2 Å². The first-order valence-electron chi connectivity index (χ1n) is 5.27. The van der Waals surface area contributed by atoms with E-state index in [-0.39, 0.29) is 6.04 Å². The Kier molecular flexibility index (Phi) is 5.62. The van der Waals surface area contributed by atoms with Crippen LogP contribution in [-0.4, -0.2) is 6.54 Å². The Morgan fingerprint density at radius 1 is 1.38 bits per heavy atom. The zero-order chi connectivity index (χ0) is 12.0. The SMILES string of the molecule is CCCCNC(C#N)c1ccc(Cl)c(Cl)c1. The highest BCUT2D eigenvalue weighted by atomic mass is 35.5. The first-order valence-corrected chi connectivity index (χ1v) is 6.02. The van der Waals surface area contributed by atoms with E-state index in [1.807, 2.05) is 6.07 Å². The Hall–Kier alpha value is -0.750. The van der Waals surface area contributed by atoms with E-state index < -0.39 is 0 Å². The number of hydrogen-bond donors (Lipinski definition) is 1. The van der Waals surface area contributed by atoms with Gasteiger partial charge in [-0.1, -0.05) is 42.6 Å². The van der Waals surface area contributed by atoms with Crippen LogP contribution in [0.5, 0.6) is 0 Å². The third-order valence-corrected chi connectivity index (χ3v) is 3.02. The van der Waals surface area contributed by atoms with Crippen molar-refractivity contribution < 1.29 is 0 Å². The van der Waals surface area contributed by atoms with Crippen molar-refractivity contribution in [3.8, 4) is 6.07 Å². The maximum Gasteiger partial charge on any atom is 0.121 e. The van der Waals surface area contributed by atoms with E-state index in [1.54, 1.807) is 12.1 Å². The molecule has 1 aromatic rings. The zero-order valence-corrected chi connectivity index (χ0v) is 10.6. The third-order valence-electron chi connectivity index (χ3n) is 2.28. The van der Waals surface area contributed by atoms with Crippen LogP contribution in [0, 0.1) is 11.3 Å². The number of hydrogen-bond acceptors (Lipinski definition) is 2. The van der Waals surface area contributed by atoms with E-state index in [9.17, 15) is 0 Å². The second-order valence-electron chi connectivity index (χ2n) is 3.54. The average molecular weight is 257 g/mol. The average Bonchev–Trinajstić information content (AvgIpc) is 2.29. The highest BCUT2D eigenvalue weighted by molar-refractivity contribution is 6.42. The topological polar surface area (TPSA) is 35.8 Å². The monoisotopic (exact) mass is 256 g/mol. The fraction of sp³-hybridized carbons (Fsp3) is 0.417. The highest BCUT2D eigenvalue weighted by Crippen LogP contribution is 2.25. The van der Waals surface area contributed by atoms with Crippen LogP contribution < -0.4 is 5.32 Å². The van der Waals surface area contributed by atoms with Crippen LogP contribution in [0.4, 0.5) is 0 Å². The lowest BCUT2D eigenvalue weighted by atomic mass is 10.1. The van der Waals surface area contributed by atoms with Crippen LogP contribution in [0.3, 0.4) is 0 Å². The molecule has 0 fully saturated rings. The van der Waals surface area contributed by atoms with Crippen LogP contribution in [0.25, 0.3) is 0 Å². The number of nitriles is 1. The Balaban J connectivity index is 2.72. The van der Waals surface area contributed by atoms with Crippen LogP contribution in [-0.2, 0) is 0 Å². The highest BCUT2D eigenvalue weighted by Gasteiger charge is 2.10. The smallest absolute Gasteiger partial charge is 0.121 e. The lowest BCUT2D eigenvalue weighted by Gasteiger charge is -2.12. The molecule has 16 heavy (non-hydrogen) atoms. The number of halogens is 2. The van der Waals surface area contributed by atoms with E-state index in [4.69, 9.17) is 28.5 Å². The second kappa shape index (κ2) is 6.75. The molecular formula is C12H14Cl2N2. The van der Waals surface area contributed by atoms with E-state index in [2.05, 4.69) is 18.3 Å². The van der Waals surface area contributed by atoms with E-state index in [0.29, 0.717) is 10.0 Å². The molecule has 1 N–H and O–H groups in total. The molecule has 86 valence electrons. The van der Waals surface area contributed by atoms with Gasteiger partial charge in [0.05, 0.1) is 16.1 Å². The standard InChI is InChI=1S/C12H14Cl2N2/c1-2-3-6-16-12(8-15)9-4-5-10(13)11(14)7-9/h4-5,7,12,16H,2-3,6H2,1H3. The minimum Gasteiger partial charge on any atom is -0.298 e. The minimum absolute atomic E-state index is 0.318. The summed E-state index contributed by atoms with van der Waals surface area (Å²) in [6.07, 6.45) is 2.16. The van der Waals surface area contributed by atoms with Gasteiger partial charge < -0.3 is 0 Å². The first kappa shape index (κ1) is 13.3. The van der Waals surface area contributed by atoms with Gasteiger partial charge in [-0.25, -0.2) is 0 Å². The molecule has 0 aliphatic rings. The summed E-state index contributed by atoms with van der Waals surface area (Å²) in [7, 11) is 0.